The molecule has 0 aliphatic rings. The van der Waals surface area contributed by atoms with Crippen molar-refractivity contribution >= 4 is 5.91 Å². The summed E-state index contributed by atoms with van der Waals surface area (Å²) in [6.45, 7) is 8.47. The van der Waals surface area contributed by atoms with Gasteiger partial charge in [-0.05, 0) is 45.9 Å². The maximum absolute atomic E-state index is 12.0. The molecular weight excluding hydrogens is 242 g/mol. The van der Waals surface area contributed by atoms with Crippen LogP contribution in [0.3, 0.4) is 0 Å². The number of carbonyl (C=O) groups is 1. The molecule has 0 aliphatic carbocycles. The summed E-state index contributed by atoms with van der Waals surface area (Å²) in [5, 5.41) is 7.14. The fraction of sp³-hybridized carbons (Fsp3) is 0.429. The van der Waals surface area contributed by atoms with E-state index < -0.39 is 0 Å². The Balaban J connectivity index is 2.08. The minimum absolute atomic E-state index is 0.135. The van der Waals surface area contributed by atoms with Crippen LogP contribution in [0.25, 0.3) is 0 Å². The summed E-state index contributed by atoms with van der Waals surface area (Å²) in [7, 11) is 0. The van der Waals surface area contributed by atoms with Crippen molar-refractivity contribution in [2.75, 3.05) is 0 Å². The zero-order chi connectivity index (χ0) is 14.0. The zero-order valence-corrected chi connectivity index (χ0v) is 11.7. The Hall–Kier alpha value is -2.04. The monoisotopic (exact) mass is 261 g/mol. The summed E-state index contributed by atoms with van der Waals surface area (Å²) >= 11 is 0. The number of hydrogen-bond donors (Lipinski definition) is 1. The molecule has 102 valence electrons. The predicted molar refractivity (Wildman–Crippen MR) is 71.8 cm³/mol. The molecule has 1 amide bonds. The van der Waals surface area contributed by atoms with Crippen LogP contribution >= 0.6 is 0 Å². The summed E-state index contributed by atoms with van der Waals surface area (Å²) in [5.74, 6) is 0.530. The van der Waals surface area contributed by atoms with Gasteiger partial charge in [-0.25, -0.2) is 0 Å². The van der Waals surface area contributed by atoms with Crippen molar-refractivity contribution < 1.29 is 9.21 Å². The van der Waals surface area contributed by atoms with Gasteiger partial charge in [-0.1, -0.05) is 0 Å². The number of aromatic nitrogens is 2. The van der Waals surface area contributed by atoms with E-state index in [0.29, 0.717) is 12.2 Å². The van der Waals surface area contributed by atoms with Crippen LogP contribution in [0.4, 0.5) is 0 Å². The number of rotatable bonds is 3. The van der Waals surface area contributed by atoms with E-state index in [1.807, 2.05) is 17.7 Å². The molecule has 19 heavy (non-hydrogen) atoms. The molecule has 0 spiro atoms. The van der Waals surface area contributed by atoms with Gasteiger partial charge >= 0.3 is 0 Å². The lowest BCUT2D eigenvalue weighted by atomic mass is 10.1. The number of carbonyl (C=O) groups excluding carboxylic acids is 1. The first-order valence-corrected chi connectivity index (χ1v) is 6.25. The molecule has 0 saturated carbocycles. The van der Waals surface area contributed by atoms with Gasteiger partial charge in [0.1, 0.15) is 11.5 Å². The Morgan fingerprint density at radius 3 is 2.74 bits per heavy atom. The van der Waals surface area contributed by atoms with Crippen LogP contribution in [0, 0.1) is 6.92 Å². The number of nitrogens with one attached hydrogen (secondary N) is 1. The topological polar surface area (TPSA) is 60.1 Å². The molecule has 2 heterocycles. The van der Waals surface area contributed by atoms with E-state index in [9.17, 15) is 4.79 Å². The molecular formula is C14H19N3O2. The quantitative estimate of drug-likeness (QED) is 0.923. The van der Waals surface area contributed by atoms with Gasteiger partial charge in [-0.2, -0.15) is 5.10 Å². The van der Waals surface area contributed by atoms with Crippen LogP contribution in [-0.4, -0.2) is 15.7 Å². The Kier molecular flexibility index (Phi) is 3.46. The van der Waals surface area contributed by atoms with Gasteiger partial charge in [0.05, 0.1) is 18.3 Å². The first-order chi connectivity index (χ1) is 8.88. The largest absolute Gasteiger partial charge is 0.467 e. The number of aryl methyl sites for hydroxylation is 1. The second kappa shape index (κ2) is 4.91. The molecule has 2 aromatic heterocycles. The minimum atomic E-state index is -0.192. The van der Waals surface area contributed by atoms with Gasteiger partial charge < -0.3 is 9.73 Å². The first kappa shape index (κ1) is 13.4. The lowest BCUT2D eigenvalue weighted by Gasteiger charge is -2.21. The number of furan rings is 1. The zero-order valence-electron chi connectivity index (χ0n) is 11.7. The summed E-state index contributed by atoms with van der Waals surface area (Å²) in [5.41, 5.74) is 1.26. The third-order valence-electron chi connectivity index (χ3n) is 2.76. The SMILES string of the molecule is Cc1cc(C(=O)NCc2ccco2)nn1C(C)(C)C. The minimum Gasteiger partial charge on any atom is -0.467 e. The van der Waals surface area contributed by atoms with Crippen molar-refractivity contribution in [1.82, 2.24) is 15.1 Å². The van der Waals surface area contributed by atoms with Crippen molar-refractivity contribution in [2.24, 2.45) is 0 Å². The Labute approximate surface area is 112 Å². The van der Waals surface area contributed by atoms with Crippen molar-refractivity contribution in [3.05, 3.63) is 41.6 Å². The number of hydrogen-bond acceptors (Lipinski definition) is 3. The van der Waals surface area contributed by atoms with E-state index in [4.69, 9.17) is 4.42 Å². The van der Waals surface area contributed by atoms with Crippen molar-refractivity contribution in [1.29, 1.82) is 0 Å². The van der Waals surface area contributed by atoms with Crippen LogP contribution in [0.2, 0.25) is 0 Å². The highest BCUT2D eigenvalue weighted by Gasteiger charge is 2.20. The van der Waals surface area contributed by atoms with Crippen LogP contribution in [0.1, 0.15) is 42.7 Å². The molecule has 0 bridgehead atoms. The molecule has 2 rings (SSSR count). The highest BCUT2D eigenvalue weighted by molar-refractivity contribution is 5.92. The highest BCUT2D eigenvalue weighted by atomic mass is 16.3. The molecule has 1 N–H and O–H groups in total. The molecule has 0 saturated heterocycles. The van der Waals surface area contributed by atoms with Crippen molar-refractivity contribution in [3.8, 4) is 0 Å². The average molecular weight is 261 g/mol. The molecule has 0 unspecified atom stereocenters. The lowest BCUT2D eigenvalue weighted by Crippen LogP contribution is -2.26. The second-order valence-electron chi connectivity index (χ2n) is 5.52. The van der Waals surface area contributed by atoms with Crippen LogP contribution in [0.15, 0.2) is 28.9 Å². The number of amides is 1. The summed E-state index contributed by atoms with van der Waals surface area (Å²) < 4.78 is 7.02. The van der Waals surface area contributed by atoms with Crippen LogP contribution in [0.5, 0.6) is 0 Å². The maximum Gasteiger partial charge on any atom is 0.272 e. The summed E-state index contributed by atoms with van der Waals surface area (Å²) in [6, 6.07) is 5.40. The number of nitrogens with zero attached hydrogens (tertiary/aromatic N) is 2. The van der Waals surface area contributed by atoms with Gasteiger partial charge in [0.2, 0.25) is 0 Å². The van der Waals surface area contributed by atoms with Crippen LogP contribution in [-0.2, 0) is 12.1 Å². The van der Waals surface area contributed by atoms with Gasteiger partial charge in [-0.15, -0.1) is 0 Å². The van der Waals surface area contributed by atoms with Crippen LogP contribution < -0.4 is 5.32 Å². The highest BCUT2D eigenvalue weighted by Crippen LogP contribution is 2.16. The van der Waals surface area contributed by atoms with E-state index in [1.54, 1.807) is 18.4 Å². The van der Waals surface area contributed by atoms with Crippen molar-refractivity contribution in [3.63, 3.8) is 0 Å². The van der Waals surface area contributed by atoms with E-state index >= 15 is 0 Å². The average Bonchev–Trinajstić information content (AvgIpc) is 2.93. The first-order valence-electron chi connectivity index (χ1n) is 6.25. The third-order valence-corrected chi connectivity index (χ3v) is 2.76. The fourth-order valence-corrected chi connectivity index (χ4v) is 1.94. The second-order valence-corrected chi connectivity index (χ2v) is 5.52. The molecule has 0 radical (unpaired) electrons. The molecule has 5 heteroatoms. The Morgan fingerprint density at radius 1 is 1.47 bits per heavy atom. The van der Waals surface area contributed by atoms with Gasteiger partial charge in [0.15, 0.2) is 0 Å². The lowest BCUT2D eigenvalue weighted by molar-refractivity contribution is 0.0941. The van der Waals surface area contributed by atoms with Gasteiger partial charge in [0.25, 0.3) is 5.91 Å². The summed E-state index contributed by atoms with van der Waals surface area (Å²) in [6.07, 6.45) is 1.58. The third kappa shape index (κ3) is 3.05. The predicted octanol–water partition coefficient (Wildman–Crippen LogP) is 2.47. The van der Waals surface area contributed by atoms with Gasteiger partial charge in [-0.3, -0.25) is 9.48 Å². The van der Waals surface area contributed by atoms with Gasteiger partial charge in [0, 0.05) is 5.69 Å². The molecule has 2 aromatic rings. The van der Waals surface area contributed by atoms with E-state index in [2.05, 4.69) is 31.2 Å². The Morgan fingerprint density at radius 2 is 2.21 bits per heavy atom. The Bertz CT molecular complexity index is 562. The summed E-state index contributed by atoms with van der Waals surface area (Å²) in [4.78, 5) is 12.0. The fourth-order valence-electron chi connectivity index (χ4n) is 1.94. The van der Waals surface area contributed by atoms with E-state index in [-0.39, 0.29) is 11.4 Å². The molecule has 0 fully saturated rings. The smallest absolute Gasteiger partial charge is 0.272 e. The molecule has 0 aliphatic heterocycles. The standard InChI is InChI=1S/C14H19N3O2/c1-10-8-12(16-17(10)14(2,3)4)13(18)15-9-11-6-5-7-19-11/h5-8H,9H2,1-4H3,(H,15,18). The normalized spacial score (nSPS) is 11.6. The molecule has 5 nitrogen and oxygen atoms in total. The van der Waals surface area contributed by atoms with E-state index in [0.717, 1.165) is 11.5 Å². The molecule has 0 atom stereocenters. The maximum atomic E-state index is 12.0. The van der Waals surface area contributed by atoms with E-state index in [1.165, 1.54) is 0 Å². The van der Waals surface area contributed by atoms with Crippen molar-refractivity contribution in [2.45, 2.75) is 39.8 Å². The molecule has 0 aromatic carbocycles.